The summed E-state index contributed by atoms with van der Waals surface area (Å²) in [5.41, 5.74) is -0.0216. The molecule has 0 radical (unpaired) electrons. The number of pyridine rings is 2. The molecular weight excluding hydrogens is 1080 g/mol. The summed E-state index contributed by atoms with van der Waals surface area (Å²) in [6.45, 7) is 1.40. The highest BCUT2D eigenvalue weighted by Gasteiger charge is 2.34. The number of rotatable bonds is 18. The van der Waals surface area contributed by atoms with Crippen LogP contribution in [0.4, 0.5) is 40.6 Å². The molecule has 2 aromatic heterocycles. The molecule has 0 aliphatic carbocycles. The lowest BCUT2D eigenvalue weighted by Crippen LogP contribution is -2.38. The van der Waals surface area contributed by atoms with Crippen molar-refractivity contribution in [1.29, 1.82) is 0 Å². The quantitative estimate of drug-likeness (QED) is 0.0608. The number of hydrogen-bond donors (Lipinski definition) is 2. The molecule has 0 amide bonds. The van der Waals surface area contributed by atoms with Gasteiger partial charge in [0.05, 0.1) is 56.6 Å². The Morgan fingerprint density at radius 1 is 0.461 bits per heavy atom. The minimum Gasteiger partial charge on any atom is -0.465 e. The summed E-state index contributed by atoms with van der Waals surface area (Å²) in [6, 6.07) is 28.9. The molecule has 8 rings (SSSR count). The van der Waals surface area contributed by atoms with E-state index in [1.165, 1.54) is 24.4 Å². The van der Waals surface area contributed by atoms with Crippen molar-refractivity contribution in [3.05, 3.63) is 181 Å². The number of carbonyl (C=O) groups is 2. The van der Waals surface area contributed by atoms with Crippen LogP contribution in [-0.2, 0) is 59.2 Å². The van der Waals surface area contributed by atoms with Crippen LogP contribution in [0.3, 0.4) is 0 Å². The number of nitrogens with one attached hydrogen (secondary N) is 2. The molecule has 76 heavy (non-hydrogen) atoms. The average Bonchev–Trinajstić information content (AvgIpc) is 3.42. The molecule has 0 saturated heterocycles. The van der Waals surface area contributed by atoms with Gasteiger partial charge in [0.1, 0.15) is 42.2 Å². The van der Waals surface area contributed by atoms with Gasteiger partial charge in [-0.3, -0.25) is 23.3 Å². The SMILES string of the molecule is CCOC(=O)CN(c1cnc(N(CC(=O)OCC)S(=O)(=O)c2ccc(F)cc2)c2ccccc12)S(=O)(=O)c1ccc(F)cc1.O=S(=O)(Nc1cnc(NS(=O)(=O)c2ccc(F)cc2)c2ccccc12)c1ccc(F)cc1. The van der Waals surface area contributed by atoms with Gasteiger partial charge in [0.25, 0.3) is 40.1 Å². The molecule has 18 nitrogen and oxygen atoms in total. The van der Waals surface area contributed by atoms with Gasteiger partial charge in [-0.1, -0.05) is 48.5 Å². The van der Waals surface area contributed by atoms with Crippen LogP contribution in [0.25, 0.3) is 21.5 Å². The fourth-order valence-electron chi connectivity index (χ4n) is 7.22. The zero-order chi connectivity index (χ0) is 55.0. The zero-order valence-corrected chi connectivity index (χ0v) is 42.9. The predicted octanol–water partition coefficient (Wildman–Crippen LogP) is 8.14. The lowest BCUT2D eigenvalue weighted by atomic mass is 10.1. The summed E-state index contributed by atoms with van der Waals surface area (Å²) >= 11 is 0. The molecule has 8 aromatic rings. The fraction of sp³-hybridized carbons (Fsp3) is 0.120. The molecule has 26 heteroatoms. The Hall–Kier alpha value is -8.20. The van der Waals surface area contributed by atoms with E-state index in [1.54, 1.807) is 44.2 Å². The molecule has 396 valence electrons. The van der Waals surface area contributed by atoms with Crippen molar-refractivity contribution in [2.75, 3.05) is 44.4 Å². The Morgan fingerprint density at radius 3 is 1.30 bits per heavy atom. The number of halogens is 4. The van der Waals surface area contributed by atoms with E-state index in [4.69, 9.17) is 9.47 Å². The van der Waals surface area contributed by atoms with E-state index in [1.807, 2.05) is 0 Å². The Balaban J connectivity index is 0.000000232. The third-order valence-corrected chi connectivity index (χ3v) is 17.0. The molecule has 6 aromatic carbocycles. The van der Waals surface area contributed by atoms with E-state index in [0.717, 1.165) is 108 Å². The molecule has 2 heterocycles. The second-order valence-electron chi connectivity index (χ2n) is 15.7. The van der Waals surface area contributed by atoms with Gasteiger partial charge in [0.15, 0.2) is 5.82 Å². The summed E-state index contributed by atoms with van der Waals surface area (Å²) in [7, 11) is -17.2. The minimum absolute atomic E-state index is 0.0327. The Labute approximate surface area is 433 Å². The first-order valence-corrected chi connectivity index (χ1v) is 28.1. The van der Waals surface area contributed by atoms with Crippen molar-refractivity contribution < 1.29 is 70.3 Å². The molecule has 0 aliphatic heterocycles. The first-order chi connectivity index (χ1) is 36.0. The smallest absolute Gasteiger partial charge is 0.326 e. The van der Waals surface area contributed by atoms with E-state index < -0.39 is 88.4 Å². The molecule has 0 fully saturated rings. The number of nitrogens with zero attached hydrogens (tertiary/aromatic N) is 4. The normalized spacial score (nSPS) is 11.8. The van der Waals surface area contributed by atoms with E-state index in [0.29, 0.717) is 15.1 Å². The van der Waals surface area contributed by atoms with Crippen molar-refractivity contribution in [3.63, 3.8) is 0 Å². The first kappa shape index (κ1) is 55.5. The third kappa shape index (κ3) is 12.6. The van der Waals surface area contributed by atoms with Gasteiger partial charge in [-0.05, 0) is 111 Å². The number of anilines is 4. The molecular formula is C50H42F4N6O12S4. The maximum atomic E-state index is 13.8. The van der Waals surface area contributed by atoms with Gasteiger partial charge in [-0.25, -0.2) is 65.5 Å². The number of ether oxygens (including phenoxy) is 2. The average molecular weight is 1120 g/mol. The van der Waals surface area contributed by atoms with Crippen LogP contribution >= 0.6 is 0 Å². The van der Waals surface area contributed by atoms with Gasteiger partial charge < -0.3 is 9.47 Å². The summed E-state index contributed by atoms with van der Waals surface area (Å²) in [5, 5.41) is 0.932. The van der Waals surface area contributed by atoms with Crippen LogP contribution in [0.5, 0.6) is 0 Å². The second kappa shape index (κ2) is 23.1. The fourth-order valence-corrected chi connectivity index (χ4v) is 12.1. The number of esters is 2. The Morgan fingerprint density at radius 2 is 0.842 bits per heavy atom. The van der Waals surface area contributed by atoms with Crippen LogP contribution in [0.1, 0.15) is 13.8 Å². The van der Waals surface area contributed by atoms with Gasteiger partial charge >= 0.3 is 11.9 Å². The van der Waals surface area contributed by atoms with E-state index in [2.05, 4.69) is 19.4 Å². The summed E-state index contributed by atoms with van der Waals surface area (Å²) in [6.07, 6.45) is 2.21. The van der Waals surface area contributed by atoms with Crippen LogP contribution in [0.2, 0.25) is 0 Å². The molecule has 0 saturated carbocycles. The standard InChI is InChI=1S/C29H27F2N3O8S2.C21H15F2N3O4S2/c1-3-41-27(35)18-33(43(37,38)22-13-9-20(30)10-14-22)26-17-32-29(25-8-6-5-7-24(25)26)34(19-28(36)42-4-2)44(39,40)23-15-11-21(31)12-16-23;22-14-5-9-16(10-6-14)31(27,28)25-20-13-24-21(19-4-2-1-3-18(19)20)26-32(29,30)17-11-7-15(23)8-12-17/h5-17H,3-4,18-19H2,1-2H3;1-13,25H,(H,24,26). The van der Waals surface area contributed by atoms with Crippen LogP contribution in [-0.4, -0.2) is 81.9 Å². The maximum Gasteiger partial charge on any atom is 0.326 e. The minimum atomic E-state index is -4.55. The van der Waals surface area contributed by atoms with Crippen molar-refractivity contribution in [1.82, 2.24) is 9.97 Å². The second-order valence-corrected chi connectivity index (χ2v) is 22.8. The highest BCUT2D eigenvalue weighted by molar-refractivity contribution is 7.93. The van der Waals surface area contributed by atoms with Gasteiger partial charge in [0, 0.05) is 21.5 Å². The summed E-state index contributed by atoms with van der Waals surface area (Å²) in [5.74, 6) is -4.62. The molecule has 0 unspecified atom stereocenters. The number of sulfonamides is 4. The van der Waals surface area contributed by atoms with Gasteiger partial charge in [-0.2, -0.15) is 0 Å². The van der Waals surface area contributed by atoms with Crippen molar-refractivity contribution in [2.24, 2.45) is 0 Å². The van der Waals surface area contributed by atoms with Crippen molar-refractivity contribution in [3.8, 4) is 0 Å². The molecule has 0 aliphatic rings. The predicted molar refractivity (Wildman–Crippen MR) is 273 cm³/mol. The monoisotopic (exact) mass is 1120 g/mol. The first-order valence-electron chi connectivity index (χ1n) is 22.3. The highest BCUT2D eigenvalue weighted by atomic mass is 32.2. The topological polar surface area (TPSA) is 245 Å². The van der Waals surface area contributed by atoms with Gasteiger partial charge in [-0.15, -0.1) is 0 Å². The number of fused-ring (bicyclic) bond motifs is 2. The van der Waals surface area contributed by atoms with Crippen LogP contribution < -0.4 is 18.1 Å². The maximum absolute atomic E-state index is 13.8. The molecule has 2 N–H and O–H groups in total. The lowest BCUT2D eigenvalue weighted by Gasteiger charge is -2.27. The summed E-state index contributed by atoms with van der Waals surface area (Å²) < 4.78 is 176. The van der Waals surface area contributed by atoms with Crippen molar-refractivity contribution in [2.45, 2.75) is 33.4 Å². The van der Waals surface area contributed by atoms with E-state index in [-0.39, 0.29) is 66.6 Å². The molecule has 0 atom stereocenters. The number of aromatic nitrogens is 2. The van der Waals surface area contributed by atoms with E-state index in [9.17, 15) is 60.8 Å². The largest absolute Gasteiger partial charge is 0.465 e. The molecule has 0 spiro atoms. The Kier molecular flexibility index (Phi) is 16.9. The number of benzene rings is 6. The number of hydrogen-bond acceptors (Lipinski definition) is 14. The third-order valence-electron chi connectivity index (χ3n) is 10.7. The lowest BCUT2D eigenvalue weighted by molar-refractivity contribution is -0.142. The van der Waals surface area contributed by atoms with Crippen LogP contribution in [0, 0.1) is 23.3 Å². The summed E-state index contributed by atoms with van der Waals surface area (Å²) in [4.78, 5) is 32.5. The van der Waals surface area contributed by atoms with Gasteiger partial charge in [0.2, 0.25) is 0 Å². The van der Waals surface area contributed by atoms with E-state index >= 15 is 0 Å². The number of carbonyl (C=O) groups excluding carboxylic acids is 2. The van der Waals surface area contributed by atoms with Crippen LogP contribution in [0.15, 0.2) is 178 Å². The van der Waals surface area contributed by atoms with Crippen molar-refractivity contribution >= 4 is 96.6 Å². The Bertz CT molecular complexity index is 3650. The highest BCUT2D eigenvalue weighted by Crippen LogP contribution is 2.37. The molecule has 0 bridgehead atoms. The zero-order valence-electron chi connectivity index (χ0n) is 39.7.